The number of rotatable bonds is 4. The number of nitrogens with zero attached hydrogens (tertiary/aromatic N) is 3. The van der Waals surface area contributed by atoms with Gasteiger partial charge in [0, 0.05) is 38.2 Å². The Balaban J connectivity index is 1.47. The van der Waals surface area contributed by atoms with Gasteiger partial charge in [-0.1, -0.05) is 11.2 Å². The summed E-state index contributed by atoms with van der Waals surface area (Å²) in [6.07, 6.45) is 4.62. The minimum atomic E-state index is 0.214. The van der Waals surface area contributed by atoms with Crippen molar-refractivity contribution in [2.45, 2.75) is 51.2 Å². The molecule has 4 rings (SSSR count). The molecule has 2 aromatic heterocycles. The summed E-state index contributed by atoms with van der Waals surface area (Å²) in [4.78, 5) is 17.6. The largest absolute Gasteiger partial charge is 0.355 e. The van der Waals surface area contributed by atoms with Gasteiger partial charge < -0.3 is 9.42 Å². The fourth-order valence-corrected chi connectivity index (χ4v) is 4.87. The van der Waals surface area contributed by atoms with E-state index < -0.39 is 0 Å². The van der Waals surface area contributed by atoms with Crippen molar-refractivity contribution in [1.29, 1.82) is 0 Å². The van der Waals surface area contributed by atoms with Crippen LogP contribution >= 0.6 is 11.3 Å². The van der Waals surface area contributed by atoms with Crippen LogP contribution in [0.2, 0.25) is 0 Å². The molecular weight excluding hydrogens is 322 g/mol. The molecule has 1 amide bonds. The van der Waals surface area contributed by atoms with Crippen LogP contribution in [0.5, 0.6) is 0 Å². The van der Waals surface area contributed by atoms with Crippen molar-refractivity contribution in [3.63, 3.8) is 0 Å². The molecule has 0 bridgehead atoms. The third kappa shape index (κ3) is 3.00. The van der Waals surface area contributed by atoms with E-state index in [0.29, 0.717) is 12.1 Å². The van der Waals surface area contributed by atoms with Crippen LogP contribution in [0.1, 0.15) is 38.3 Å². The van der Waals surface area contributed by atoms with Crippen LogP contribution in [0, 0.1) is 0 Å². The smallest absolute Gasteiger partial charge is 0.219 e. The molecule has 2 atom stereocenters. The van der Waals surface area contributed by atoms with Gasteiger partial charge in [-0.2, -0.15) is 0 Å². The molecule has 0 unspecified atom stereocenters. The molecule has 2 fully saturated rings. The number of amides is 1. The highest BCUT2D eigenvalue weighted by atomic mass is 32.1. The highest BCUT2D eigenvalue weighted by Gasteiger charge is 2.38. The average Bonchev–Trinajstić information content (AvgIpc) is 3.35. The van der Waals surface area contributed by atoms with E-state index in [1.54, 1.807) is 18.3 Å². The van der Waals surface area contributed by atoms with E-state index in [1.165, 1.54) is 12.8 Å². The van der Waals surface area contributed by atoms with Gasteiger partial charge in [0.15, 0.2) is 5.76 Å². The van der Waals surface area contributed by atoms with E-state index in [1.807, 2.05) is 11.4 Å². The molecule has 0 aromatic carbocycles. The number of thiophene rings is 1. The van der Waals surface area contributed by atoms with Gasteiger partial charge in [0.2, 0.25) is 5.91 Å². The summed E-state index contributed by atoms with van der Waals surface area (Å²) in [5.41, 5.74) is 0.984. The van der Waals surface area contributed by atoms with Crippen molar-refractivity contribution < 1.29 is 9.32 Å². The monoisotopic (exact) mass is 345 g/mol. The summed E-state index contributed by atoms with van der Waals surface area (Å²) in [6, 6.07) is 6.96. The number of hydrogen-bond acceptors (Lipinski definition) is 5. The van der Waals surface area contributed by atoms with Crippen molar-refractivity contribution in [2.24, 2.45) is 0 Å². The van der Waals surface area contributed by atoms with Crippen LogP contribution < -0.4 is 0 Å². The molecule has 0 aliphatic carbocycles. The second-order valence-electron chi connectivity index (χ2n) is 6.76. The lowest BCUT2D eigenvalue weighted by Gasteiger charge is -2.34. The fourth-order valence-electron chi connectivity index (χ4n) is 4.20. The maximum Gasteiger partial charge on any atom is 0.219 e. The first-order valence-electron chi connectivity index (χ1n) is 8.73. The van der Waals surface area contributed by atoms with Gasteiger partial charge in [0.25, 0.3) is 0 Å². The van der Waals surface area contributed by atoms with Crippen LogP contribution in [0.25, 0.3) is 10.6 Å². The Kier molecular flexibility index (Phi) is 4.41. The van der Waals surface area contributed by atoms with Crippen molar-refractivity contribution in [1.82, 2.24) is 15.0 Å². The van der Waals surface area contributed by atoms with E-state index in [-0.39, 0.29) is 5.91 Å². The predicted octanol–water partition coefficient (Wildman–Crippen LogP) is 3.38. The maximum absolute atomic E-state index is 11.9. The summed E-state index contributed by atoms with van der Waals surface area (Å²) in [6.45, 7) is 4.50. The second kappa shape index (κ2) is 6.69. The highest BCUT2D eigenvalue weighted by Crippen LogP contribution is 2.32. The fraction of sp³-hybridized carbons (Fsp3) is 0.556. The Hall–Kier alpha value is -1.66. The number of hydrogen-bond donors (Lipinski definition) is 0. The molecule has 2 saturated heterocycles. The van der Waals surface area contributed by atoms with E-state index in [0.717, 1.165) is 48.8 Å². The van der Waals surface area contributed by atoms with E-state index in [2.05, 4.69) is 27.1 Å². The van der Waals surface area contributed by atoms with Gasteiger partial charge in [0.05, 0.1) is 10.6 Å². The molecule has 0 N–H and O–H groups in total. The molecule has 4 heterocycles. The molecule has 2 aromatic rings. The molecule has 0 saturated carbocycles. The van der Waals surface area contributed by atoms with E-state index in [9.17, 15) is 4.79 Å². The number of likely N-dealkylation sites (tertiary alicyclic amines) is 2. The zero-order chi connectivity index (χ0) is 16.5. The first-order chi connectivity index (χ1) is 11.7. The summed E-state index contributed by atoms with van der Waals surface area (Å²) >= 11 is 1.67. The van der Waals surface area contributed by atoms with Gasteiger partial charge >= 0.3 is 0 Å². The number of carbonyl (C=O) groups excluding carboxylic acids is 1. The first-order valence-corrected chi connectivity index (χ1v) is 9.61. The lowest BCUT2D eigenvalue weighted by molar-refractivity contribution is -0.130. The zero-order valence-corrected chi connectivity index (χ0v) is 14.8. The zero-order valence-electron chi connectivity index (χ0n) is 14.0. The molecular formula is C18H23N3O2S. The third-order valence-electron chi connectivity index (χ3n) is 5.25. The average molecular weight is 345 g/mol. The van der Waals surface area contributed by atoms with Crippen molar-refractivity contribution >= 4 is 17.2 Å². The molecule has 0 radical (unpaired) electrons. The molecule has 2 aliphatic rings. The summed E-state index contributed by atoms with van der Waals surface area (Å²) < 4.78 is 5.51. The van der Waals surface area contributed by atoms with Gasteiger partial charge in [-0.15, -0.1) is 11.3 Å². The first kappa shape index (κ1) is 15.8. The van der Waals surface area contributed by atoms with Crippen LogP contribution in [-0.4, -0.2) is 46.0 Å². The van der Waals surface area contributed by atoms with Crippen LogP contribution in [0.3, 0.4) is 0 Å². The molecule has 24 heavy (non-hydrogen) atoms. The molecule has 128 valence electrons. The standard InChI is InChI=1S/C18H23N3O2S/c1-13(22)21-9-3-6-16(21)15-5-2-8-20(15)12-14-11-17(23-19-14)18-7-4-10-24-18/h4,7,10-11,15-16H,2-3,5-6,8-9,12H2,1H3/t15-,16-/m1/s1. The molecule has 6 heteroatoms. The Labute approximate surface area is 146 Å². The highest BCUT2D eigenvalue weighted by molar-refractivity contribution is 7.13. The summed E-state index contributed by atoms with van der Waals surface area (Å²) in [5.74, 6) is 1.06. The normalized spacial score (nSPS) is 24.8. The van der Waals surface area contributed by atoms with Gasteiger partial charge in [-0.05, 0) is 43.7 Å². The quantitative estimate of drug-likeness (QED) is 0.852. The van der Waals surface area contributed by atoms with E-state index in [4.69, 9.17) is 4.52 Å². The second-order valence-corrected chi connectivity index (χ2v) is 7.71. The van der Waals surface area contributed by atoms with Gasteiger partial charge in [-0.3, -0.25) is 9.69 Å². The lowest BCUT2D eigenvalue weighted by atomic mass is 10.0. The summed E-state index contributed by atoms with van der Waals surface area (Å²) in [7, 11) is 0. The van der Waals surface area contributed by atoms with E-state index >= 15 is 0 Å². The Morgan fingerprint density at radius 3 is 2.96 bits per heavy atom. The minimum Gasteiger partial charge on any atom is -0.355 e. The Bertz CT molecular complexity index is 697. The van der Waals surface area contributed by atoms with Crippen LogP contribution in [0.15, 0.2) is 28.1 Å². The predicted molar refractivity (Wildman–Crippen MR) is 93.7 cm³/mol. The topological polar surface area (TPSA) is 49.6 Å². The van der Waals surface area contributed by atoms with Crippen LogP contribution in [-0.2, 0) is 11.3 Å². The number of carbonyl (C=O) groups is 1. The maximum atomic E-state index is 11.9. The summed E-state index contributed by atoms with van der Waals surface area (Å²) in [5, 5.41) is 6.31. The van der Waals surface area contributed by atoms with Crippen molar-refractivity contribution in [2.75, 3.05) is 13.1 Å². The third-order valence-corrected chi connectivity index (χ3v) is 6.13. The molecule has 0 spiro atoms. The van der Waals surface area contributed by atoms with Gasteiger partial charge in [-0.25, -0.2) is 0 Å². The lowest BCUT2D eigenvalue weighted by Crippen LogP contribution is -2.47. The Morgan fingerprint density at radius 2 is 2.17 bits per heavy atom. The van der Waals surface area contributed by atoms with Crippen LogP contribution in [0.4, 0.5) is 0 Å². The Morgan fingerprint density at radius 1 is 1.33 bits per heavy atom. The molecule has 5 nitrogen and oxygen atoms in total. The van der Waals surface area contributed by atoms with Crippen molar-refractivity contribution in [3.05, 3.63) is 29.3 Å². The minimum absolute atomic E-state index is 0.214. The van der Waals surface area contributed by atoms with Gasteiger partial charge in [0.1, 0.15) is 0 Å². The molecule has 2 aliphatic heterocycles. The number of aromatic nitrogens is 1. The van der Waals surface area contributed by atoms with Crippen molar-refractivity contribution in [3.8, 4) is 10.6 Å². The SMILES string of the molecule is CC(=O)N1CCC[C@@H]1[C@H]1CCCN1Cc1cc(-c2cccs2)on1.